The summed E-state index contributed by atoms with van der Waals surface area (Å²) >= 11 is 0. The molecule has 0 unspecified atom stereocenters. The maximum absolute atomic E-state index is 12.0. The number of rotatable bonds is 7. The fourth-order valence-corrected chi connectivity index (χ4v) is 2.92. The average Bonchev–Trinajstić information content (AvgIpc) is 2.50. The molecule has 1 aromatic carbocycles. The van der Waals surface area contributed by atoms with E-state index in [0.717, 1.165) is 23.6 Å². The Hall–Kier alpha value is -2.52. The van der Waals surface area contributed by atoms with Crippen molar-refractivity contribution in [3.8, 4) is 0 Å². The van der Waals surface area contributed by atoms with Crippen LogP contribution in [0.15, 0.2) is 35.3 Å². The van der Waals surface area contributed by atoms with Crippen LogP contribution in [-0.4, -0.2) is 40.0 Å². The van der Waals surface area contributed by atoms with Crippen LogP contribution in [0.2, 0.25) is 0 Å². The third kappa shape index (κ3) is 5.50. The van der Waals surface area contributed by atoms with Gasteiger partial charge >= 0.3 is 5.97 Å². The highest BCUT2D eigenvalue weighted by Gasteiger charge is 2.19. The second kappa shape index (κ2) is 7.58. The molecule has 0 aliphatic heterocycles. The fraction of sp³-hybridized carbons (Fsp3) is 0.312. The minimum absolute atomic E-state index is 0.0145. The summed E-state index contributed by atoms with van der Waals surface area (Å²) in [6, 6.07) is 7.44. The number of carboxylic acids is 1. The van der Waals surface area contributed by atoms with Gasteiger partial charge in [0.05, 0.1) is 19.2 Å². The molecular formula is C16H19N3O5S. The first-order valence-electron chi connectivity index (χ1n) is 7.44. The number of aromatic amines is 1. The zero-order valence-corrected chi connectivity index (χ0v) is 14.7. The van der Waals surface area contributed by atoms with E-state index in [1.165, 1.54) is 4.31 Å². The molecule has 9 heteroatoms. The van der Waals surface area contributed by atoms with Gasteiger partial charge in [-0.2, -0.15) is 4.31 Å². The molecule has 1 heterocycles. The van der Waals surface area contributed by atoms with E-state index < -0.39 is 28.0 Å². The fourth-order valence-electron chi connectivity index (χ4n) is 2.18. The number of carbonyl (C=O) groups is 1. The first-order chi connectivity index (χ1) is 11.6. The summed E-state index contributed by atoms with van der Waals surface area (Å²) in [6.07, 6.45) is 1.80. The maximum Gasteiger partial charge on any atom is 0.308 e. The Kier molecular flexibility index (Phi) is 5.70. The van der Waals surface area contributed by atoms with Crippen molar-refractivity contribution in [2.24, 2.45) is 0 Å². The van der Waals surface area contributed by atoms with Gasteiger partial charge in [0.1, 0.15) is 5.82 Å². The first kappa shape index (κ1) is 18.8. The van der Waals surface area contributed by atoms with Crippen LogP contribution in [-0.2, 0) is 34.3 Å². The van der Waals surface area contributed by atoms with E-state index in [1.807, 2.05) is 31.2 Å². The largest absolute Gasteiger partial charge is 0.481 e. The zero-order valence-electron chi connectivity index (χ0n) is 13.9. The third-order valence-electron chi connectivity index (χ3n) is 3.54. The average molecular weight is 365 g/mol. The van der Waals surface area contributed by atoms with E-state index in [-0.39, 0.29) is 24.5 Å². The number of benzene rings is 1. The van der Waals surface area contributed by atoms with Crippen LogP contribution in [0.5, 0.6) is 0 Å². The molecule has 0 bridgehead atoms. The summed E-state index contributed by atoms with van der Waals surface area (Å²) in [4.78, 5) is 29.0. The van der Waals surface area contributed by atoms with Gasteiger partial charge in [-0.05, 0) is 12.5 Å². The highest BCUT2D eigenvalue weighted by molar-refractivity contribution is 7.88. The molecule has 2 N–H and O–H groups in total. The molecule has 0 saturated carbocycles. The Morgan fingerprint density at radius 2 is 1.88 bits per heavy atom. The molecule has 0 aliphatic carbocycles. The van der Waals surface area contributed by atoms with Crippen LogP contribution in [0.3, 0.4) is 0 Å². The van der Waals surface area contributed by atoms with Gasteiger partial charge in [0.2, 0.25) is 10.0 Å². The van der Waals surface area contributed by atoms with E-state index in [4.69, 9.17) is 5.11 Å². The quantitative estimate of drug-likeness (QED) is 0.744. The van der Waals surface area contributed by atoms with Crippen LogP contribution in [0.4, 0.5) is 0 Å². The lowest BCUT2D eigenvalue weighted by Crippen LogP contribution is -2.31. The van der Waals surface area contributed by atoms with Crippen LogP contribution in [0, 0.1) is 6.92 Å². The molecular weight excluding hydrogens is 346 g/mol. The normalized spacial score (nSPS) is 11.6. The number of nitrogens with zero attached hydrogens (tertiary/aromatic N) is 2. The Labute approximate surface area is 145 Å². The van der Waals surface area contributed by atoms with E-state index in [9.17, 15) is 18.0 Å². The van der Waals surface area contributed by atoms with Gasteiger partial charge in [-0.25, -0.2) is 13.4 Å². The predicted molar refractivity (Wildman–Crippen MR) is 91.5 cm³/mol. The third-order valence-corrected chi connectivity index (χ3v) is 4.74. The summed E-state index contributed by atoms with van der Waals surface area (Å²) in [6.45, 7) is 1.96. The van der Waals surface area contributed by atoms with Gasteiger partial charge in [-0.1, -0.05) is 29.8 Å². The van der Waals surface area contributed by atoms with Gasteiger partial charge in [-0.15, -0.1) is 0 Å². The van der Waals surface area contributed by atoms with Crippen molar-refractivity contribution in [1.29, 1.82) is 0 Å². The molecule has 0 spiro atoms. The van der Waals surface area contributed by atoms with Crippen LogP contribution in [0.25, 0.3) is 0 Å². The van der Waals surface area contributed by atoms with E-state index >= 15 is 0 Å². The number of hydrogen-bond acceptors (Lipinski definition) is 5. The van der Waals surface area contributed by atoms with Crippen molar-refractivity contribution in [2.75, 3.05) is 6.26 Å². The van der Waals surface area contributed by atoms with E-state index in [2.05, 4.69) is 9.97 Å². The monoisotopic (exact) mass is 365 g/mol. The summed E-state index contributed by atoms with van der Waals surface area (Å²) in [5.74, 6) is -0.992. The van der Waals surface area contributed by atoms with Crippen molar-refractivity contribution in [2.45, 2.75) is 26.4 Å². The number of carboxylic acid groups (broad SMARTS) is 1. The molecule has 0 radical (unpaired) electrons. The number of nitrogens with one attached hydrogen (secondary N) is 1. The standard InChI is InChI=1S/C16H19N3O5S/c1-11-3-5-12(6-4-11)9-19(25(2,23)24)10-14-17-8-13(7-15(20)21)16(22)18-14/h3-6,8H,7,9-10H2,1-2H3,(H,20,21)(H,17,18,22). The van der Waals surface area contributed by atoms with Crippen LogP contribution >= 0.6 is 0 Å². The van der Waals surface area contributed by atoms with Crippen LogP contribution < -0.4 is 5.56 Å². The molecule has 0 amide bonds. The van der Waals surface area contributed by atoms with E-state index in [1.54, 1.807) is 0 Å². The SMILES string of the molecule is Cc1ccc(CN(Cc2ncc(CC(=O)O)c(=O)[nH]2)S(C)(=O)=O)cc1. The Bertz CT molecular complexity index is 920. The molecule has 8 nitrogen and oxygen atoms in total. The van der Waals surface area contributed by atoms with Crippen molar-refractivity contribution < 1.29 is 18.3 Å². The van der Waals surface area contributed by atoms with Gasteiger partial charge in [0, 0.05) is 18.3 Å². The van der Waals surface area contributed by atoms with Gasteiger partial charge in [-0.3, -0.25) is 9.59 Å². The Morgan fingerprint density at radius 1 is 1.24 bits per heavy atom. The highest BCUT2D eigenvalue weighted by Crippen LogP contribution is 2.12. The van der Waals surface area contributed by atoms with Crippen LogP contribution in [0.1, 0.15) is 22.5 Å². The minimum Gasteiger partial charge on any atom is -0.481 e. The van der Waals surface area contributed by atoms with Crippen molar-refractivity contribution in [3.63, 3.8) is 0 Å². The summed E-state index contributed by atoms with van der Waals surface area (Å²) in [5, 5.41) is 8.73. The molecule has 1 aromatic heterocycles. The summed E-state index contributed by atoms with van der Waals surface area (Å²) < 4.78 is 25.3. The zero-order chi connectivity index (χ0) is 18.6. The second-order valence-corrected chi connectivity index (χ2v) is 7.75. The predicted octanol–water partition coefficient (Wildman–Crippen LogP) is 0.667. The smallest absolute Gasteiger partial charge is 0.308 e. The number of H-pyrrole nitrogens is 1. The lowest BCUT2D eigenvalue weighted by atomic mass is 10.1. The van der Waals surface area contributed by atoms with Gasteiger partial charge in [0.15, 0.2) is 0 Å². The van der Waals surface area contributed by atoms with Crippen molar-refractivity contribution >= 4 is 16.0 Å². The molecule has 0 aliphatic rings. The number of sulfonamides is 1. The second-order valence-electron chi connectivity index (χ2n) is 5.77. The van der Waals surface area contributed by atoms with Crippen molar-refractivity contribution in [1.82, 2.24) is 14.3 Å². The topological polar surface area (TPSA) is 120 Å². The van der Waals surface area contributed by atoms with Gasteiger partial charge < -0.3 is 10.1 Å². The molecule has 2 aromatic rings. The summed E-state index contributed by atoms with van der Waals surface area (Å²) in [5.41, 5.74) is 1.30. The number of hydrogen-bond donors (Lipinski definition) is 2. The minimum atomic E-state index is -3.54. The molecule has 134 valence electrons. The van der Waals surface area contributed by atoms with Gasteiger partial charge in [0.25, 0.3) is 5.56 Å². The molecule has 0 fully saturated rings. The Balaban J connectivity index is 2.23. The Morgan fingerprint density at radius 3 is 2.40 bits per heavy atom. The molecule has 0 saturated heterocycles. The van der Waals surface area contributed by atoms with Crippen molar-refractivity contribution in [3.05, 3.63) is 63.3 Å². The maximum atomic E-state index is 12.0. The number of aryl methyl sites for hydroxylation is 1. The highest BCUT2D eigenvalue weighted by atomic mass is 32.2. The number of aromatic nitrogens is 2. The summed E-state index contributed by atoms with van der Waals surface area (Å²) in [7, 11) is -3.54. The first-order valence-corrected chi connectivity index (χ1v) is 9.29. The van der Waals surface area contributed by atoms with E-state index in [0.29, 0.717) is 0 Å². The molecule has 2 rings (SSSR count). The lowest BCUT2D eigenvalue weighted by molar-refractivity contribution is -0.136. The molecule has 0 atom stereocenters. The lowest BCUT2D eigenvalue weighted by Gasteiger charge is -2.19. The number of aliphatic carboxylic acids is 1. The molecule has 25 heavy (non-hydrogen) atoms.